The molecule has 0 fully saturated rings. The third-order valence-corrected chi connectivity index (χ3v) is 3.52. The molecule has 0 saturated carbocycles. The van der Waals surface area contributed by atoms with Crippen LogP contribution in [0.3, 0.4) is 0 Å². The Morgan fingerprint density at radius 3 is 2.38 bits per heavy atom. The molecule has 0 aromatic heterocycles. The third-order valence-electron chi connectivity index (χ3n) is 3.52. The molecule has 4 heteroatoms. The van der Waals surface area contributed by atoms with E-state index in [9.17, 15) is 9.90 Å². The quantitative estimate of drug-likeness (QED) is 0.565. The van der Waals surface area contributed by atoms with Crippen LogP contribution >= 0.6 is 0 Å². The Bertz CT molecular complexity index is 915. The number of fused-ring (bicyclic) bond motifs is 1. The topological polar surface area (TPSA) is 61.7 Å². The Balaban J connectivity index is 1.68. The molecular weight excluding hydrogens is 300 g/mol. The molecule has 3 aromatic rings. The maximum Gasteiger partial charge on any atom is 0.275 e. The Morgan fingerprint density at radius 2 is 1.62 bits per heavy atom. The van der Waals surface area contributed by atoms with Crippen LogP contribution in [0.5, 0.6) is 5.75 Å². The molecule has 0 bridgehead atoms. The zero-order valence-corrected chi connectivity index (χ0v) is 12.9. The van der Waals surface area contributed by atoms with Crippen molar-refractivity contribution in [2.45, 2.75) is 0 Å². The summed E-state index contributed by atoms with van der Waals surface area (Å²) in [7, 11) is 0. The van der Waals surface area contributed by atoms with Gasteiger partial charge >= 0.3 is 0 Å². The lowest BCUT2D eigenvalue weighted by Gasteiger charge is -2.05. The molecular formula is C20H16N2O2. The standard InChI is InChI=1S/C20H16N2O2/c23-19-14-17-11-5-4-10-16(17)13-18(19)20(24)22-21-12-6-9-15-7-2-1-3-8-15/h1-14,23H,(H,22,24)/b9-6+,21-12-. The number of nitrogens with one attached hydrogen (secondary N) is 1. The SMILES string of the molecule is O=C(N/N=C\C=C\c1ccccc1)c1cc2ccccc2cc1O. The smallest absolute Gasteiger partial charge is 0.275 e. The highest BCUT2D eigenvalue weighted by Gasteiger charge is 2.11. The van der Waals surface area contributed by atoms with Crippen LogP contribution in [0.2, 0.25) is 0 Å². The van der Waals surface area contributed by atoms with Gasteiger partial charge in [0, 0.05) is 6.21 Å². The van der Waals surface area contributed by atoms with Crippen molar-refractivity contribution in [2.75, 3.05) is 0 Å². The second kappa shape index (κ2) is 7.24. The van der Waals surface area contributed by atoms with Crippen LogP contribution in [0, 0.1) is 0 Å². The van der Waals surface area contributed by atoms with Crippen molar-refractivity contribution in [3.63, 3.8) is 0 Å². The summed E-state index contributed by atoms with van der Waals surface area (Å²) in [5.74, 6) is -0.524. The molecule has 0 heterocycles. The van der Waals surface area contributed by atoms with Crippen LogP contribution in [-0.4, -0.2) is 17.2 Å². The normalized spacial score (nSPS) is 11.3. The number of allylic oxidation sites excluding steroid dienone is 1. The van der Waals surface area contributed by atoms with Gasteiger partial charge in [0.15, 0.2) is 0 Å². The van der Waals surface area contributed by atoms with Gasteiger partial charge in [0.1, 0.15) is 5.75 Å². The zero-order chi connectivity index (χ0) is 16.8. The number of amides is 1. The number of aromatic hydroxyl groups is 1. The summed E-state index contributed by atoms with van der Waals surface area (Å²) in [6, 6.07) is 20.5. The van der Waals surface area contributed by atoms with E-state index in [0.29, 0.717) is 0 Å². The molecule has 3 rings (SSSR count). The highest BCUT2D eigenvalue weighted by Crippen LogP contribution is 2.24. The summed E-state index contributed by atoms with van der Waals surface area (Å²) in [5, 5.41) is 15.6. The minimum atomic E-state index is -0.456. The third kappa shape index (κ3) is 3.67. The van der Waals surface area contributed by atoms with E-state index >= 15 is 0 Å². The van der Waals surface area contributed by atoms with E-state index in [0.717, 1.165) is 16.3 Å². The van der Waals surface area contributed by atoms with Crippen molar-refractivity contribution in [1.29, 1.82) is 0 Å². The van der Waals surface area contributed by atoms with E-state index in [1.54, 1.807) is 18.2 Å². The number of rotatable bonds is 4. The molecule has 24 heavy (non-hydrogen) atoms. The van der Waals surface area contributed by atoms with E-state index in [1.807, 2.05) is 60.7 Å². The largest absolute Gasteiger partial charge is 0.507 e. The van der Waals surface area contributed by atoms with Gasteiger partial charge in [-0.2, -0.15) is 5.10 Å². The number of hydrazone groups is 1. The molecule has 0 spiro atoms. The van der Waals surface area contributed by atoms with Crippen LogP contribution in [0.1, 0.15) is 15.9 Å². The predicted octanol–water partition coefficient (Wildman–Crippen LogP) is 3.97. The van der Waals surface area contributed by atoms with Gasteiger partial charge in [-0.15, -0.1) is 0 Å². The summed E-state index contributed by atoms with van der Waals surface area (Å²) < 4.78 is 0. The number of carbonyl (C=O) groups is 1. The van der Waals surface area contributed by atoms with Crippen LogP contribution in [0.25, 0.3) is 16.8 Å². The van der Waals surface area contributed by atoms with Gasteiger partial charge in [0.2, 0.25) is 0 Å². The summed E-state index contributed by atoms with van der Waals surface area (Å²) in [6.07, 6.45) is 5.10. The first-order chi connectivity index (χ1) is 11.7. The van der Waals surface area contributed by atoms with Crippen LogP contribution in [-0.2, 0) is 0 Å². The van der Waals surface area contributed by atoms with Crippen molar-refractivity contribution in [3.05, 3.63) is 83.9 Å². The zero-order valence-electron chi connectivity index (χ0n) is 12.9. The number of hydrogen-bond donors (Lipinski definition) is 2. The van der Waals surface area contributed by atoms with Gasteiger partial charge in [-0.25, -0.2) is 5.43 Å². The van der Waals surface area contributed by atoms with E-state index in [-0.39, 0.29) is 11.3 Å². The monoisotopic (exact) mass is 316 g/mol. The first-order valence-corrected chi connectivity index (χ1v) is 7.51. The molecule has 0 aliphatic rings. The lowest BCUT2D eigenvalue weighted by Crippen LogP contribution is -2.17. The average Bonchev–Trinajstić information content (AvgIpc) is 2.61. The number of benzene rings is 3. The molecule has 0 saturated heterocycles. The molecule has 4 nitrogen and oxygen atoms in total. The predicted molar refractivity (Wildman–Crippen MR) is 97.0 cm³/mol. The van der Waals surface area contributed by atoms with Crippen LogP contribution in [0.15, 0.2) is 77.9 Å². The maximum absolute atomic E-state index is 12.1. The fourth-order valence-electron chi connectivity index (χ4n) is 2.33. The number of phenolic OH excluding ortho intramolecular Hbond substituents is 1. The minimum absolute atomic E-state index is 0.0683. The molecule has 0 unspecified atom stereocenters. The maximum atomic E-state index is 12.1. The van der Waals surface area contributed by atoms with Crippen molar-refractivity contribution < 1.29 is 9.90 Å². The minimum Gasteiger partial charge on any atom is -0.507 e. The van der Waals surface area contributed by atoms with Crippen molar-refractivity contribution in [3.8, 4) is 5.75 Å². The number of nitrogens with zero attached hydrogens (tertiary/aromatic N) is 1. The molecule has 1 amide bonds. The second-order valence-electron chi connectivity index (χ2n) is 5.21. The van der Waals surface area contributed by atoms with E-state index in [1.165, 1.54) is 6.21 Å². The van der Waals surface area contributed by atoms with Crippen LogP contribution in [0.4, 0.5) is 0 Å². The summed E-state index contributed by atoms with van der Waals surface area (Å²) >= 11 is 0. The Morgan fingerprint density at radius 1 is 0.958 bits per heavy atom. The van der Waals surface area contributed by atoms with Crippen molar-refractivity contribution >= 4 is 29.0 Å². The molecule has 2 N–H and O–H groups in total. The fraction of sp³-hybridized carbons (Fsp3) is 0. The van der Waals surface area contributed by atoms with Crippen LogP contribution < -0.4 is 5.43 Å². The molecule has 0 atom stereocenters. The highest BCUT2D eigenvalue weighted by molar-refractivity contribution is 6.01. The number of phenols is 1. The van der Waals surface area contributed by atoms with Gasteiger partial charge in [0.25, 0.3) is 5.91 Å². The Hall–Kier alpha value is -3.40. The Labute approximate surface area is 139 Å². The molecule has 3 aromatic carbocycles. The molecule has 0 aliphatic carbocycles. The highest BCUT2D eigenvalue weighted by atomic mass is 16.3. The molecule has 118 valence electrons. The second-order valence-corrected chi connectivity index (χ2v) is 5.21. The van der Waals surface area contributed by atoms with Crippen molar-refractivity contribution in [1.82, 2.24) is 5.43 Å². The first kappa shape index (κ1) is 15.5. The summed E-state index contributed by atoms with van der Waals surface area (Å²) in [4.78, 5) is 12.1. The van der Waals surface area contributed by atoms with E-state index in [2.05, 4.69) is 10.5 Å². The number of hydrogen-bond acceptors (Lipinski definition) is 3. The van der Waals surface area contributed by atoms with E-state index in [4.69, 9.17) is 0 Å². The molecule has 0 aliphatic heterocycles. The lowest BCUT2D eigenvalue weighted by molar-refractivity contribution is 0.0952. The summed E-state index contributed by atoms with van der Waals surface area (Å²) in [6.45, 7) is 0. The van der Waals surface area contributed by atoms with Crippen molar-refractivity contribution in [2.24, 2.45) is 5.10 Å². The lowest BCUT2D eigenvalue weighted by atomic mass is 10.1. The van der Waals surface area contributed by atoms with Gasteiger partial charge < -0.3 is 5.11 Å². The number of carbonyl (C=O) groups excluding carboxylic acids is 1. The fourth-order valence-corrected chi connectivity index (χ4v) is 2.33. The van der Waals surface area contributed by atoms with Gasteiger partial charge in [-0.05, 0) is 34.5 Å². The van der Waals surface area contributed by atoms with Gasteiger partial charge in [-0.1, -0.05) is 60.7 Å². The molecule has 0 radical (unpaired) electrons. The Kier molecular flexibility index (Phi) is 4.68. The van der Waals surface area contributed by atoms with Gasteiger partial charge in [-0.3, -0.25) is 4.79 Å². The average molecular weight is 316 g/mol. The first-order valence-electron chi connectivity index (χ1n) is 7.51. The van der Waals surface area contributed by atoms with Gasteiger partial charge in [0.05, 0.1) is 5.56 Å². The summed E-state index contributed by atoms with van der Waals surface area (Å²) in [5.41, 5.74) is 3.65. The van der Waals surface area contributed by atoms with E-state index < -0.39 is 5.91 Å².